The quantitative estimate of drug-likeness (QED) is 0.164. The summed E-state index contributed by atoms with van der Waals surface area (Å²) in [5.41, 5.74) is 14.2. The van der Waals surface area contributed by atoms with Crippen LogP contribution >= 0.6 is 0 Å². The largest absolute Gasteiger partial charge is 0.456 e. The van der Waals surface area contributed by atoms with Crippen LogP contribution in [0.4, 0.5) is 0 Å². The van der Waals surface area contributed by atoms with Crippen LogP contribution in [-0.2, 0) is 0 Å². The summed E-state index contributed by atoms with van der Waals surface area (Å²) in [6.07, 6.45) is 0. The van der Waals surface area contributed by atoms with Gasteiger partial charge in [-0.2, -0.15) is 0 Å². The van der Waals surface area contributed by atoms with Gasteiger partial charge >= 0.3 is 0 Å². The molecule has 0 aliphatic carbocycles. The number of fused-ring (bicyclic) bond motifs is 6. The number of benzene rings is 14. The van der Waals surface area contributed by atoms with Crippen molar-refractivity contribution in [1.82, 2.24) is 0 Å². The van der Waals surface area contributed by atoms with E-state index in [9.17, 15) is 0 Å². The number of para-hydroxylation sites is 2. The summed E-state index contributed by atoms with van der Waals surface area (Å²) in [6.45, 7) is 0. The van der Waals surface area contributed by atoms with E-state index < -0.39 is 0 Å². The molecule has 322 valence electrons. The molecule has 2 heterocycles. The summed E-state index contributed by atoms with van der Waals surface area (Å²) in [5, 5.41) is 17.0. The Morgan fingerprint density at radius 3 is 0.929 bits per heavy atom. The second kappa shape index (κ2) is 14.1. The van der Waals surface area contributed by atoms with Crippen molar-refractivity contribution in [3.8, 4) is 89.8 Å². The second-order valence-corrected chi connectivity index (χ2v) is 18.9. The van der Waals surface area contributed by atoms with Gasteiger partial charge in [-0.3, -0.25) is 0 Å². The fourth-order valence-corrected chi connectivity index (χ4v) is 12.4. The summed E-state index contributed by atoms with van der Waals surface area (Å²) >= 11 is 0. The number of hydrogen-bond donors (Lipinski definition) is 0. The molecule has 0 saturated carbocycles. The van der Waals surface area contributed by atoms with Crippen LogP contribution in [0.3, 0.4) is 0 Å². The molecule has 0 amide bonds. The lowest BCUT2D eigenvalue weighted by atomic mass is 9.79. The van der Waals surface area contributed by atoms with E-state index in [1.807, 2.05) is 0 Å². The van der Waals surface area contributed by atoms with E-state index in [0.717, 1.165) is 44.9 Å². The van der Waals surface area contributed by atoms with Gasteiger partial charge in [-0.15, -0.1) is 0 Å². The van der Waals surface area contributed by atoms with Crippen molar-refractivity contribution < 1.29 is 9.47 Å². The molecule has 16 rings (SSSR count). The molecule has 0 atom stereocenters. The van der Waals surface area contributed by atoms with E-state index in [4.69, 9.17) is 9.47 Å². The van der Waals surface area contributed by atoms with Gasteiger partial charge in [-0.25, -0.2) is 0 Å². The Balaban J connectivity index is 1.07. The van der Waals surface area contributed by atoms with E-state index in [2.05, 4.69) is 231 Å². The molecule has 2 nitrogen and oxygen atoms in total. The molecular formula is C68H38O2. The zero-order valence-corrected chi connectivity index (χ0v) is 37.8. The third kappa shape index (κ3) is 5.17. The lowest BCUT2D eigenvalue weighted by molar-refractivity contribution is 0.487. The van der Waals surface area contributed by atoms with E-state index in [0.29, 0.717) is 0 Å². The number of rotatable bonds is 4. The second-order valence-electron chi connectivity index (χ2n) is 18.9. The first-order chi connectivity index (χ1) is 34.7. The number of ether oxygens (including phenoxy) is 2. The van der Waals surface area contributed by atoms with Crippen molar-refractivity contribution in [3.05, 3.63) is 231 Å². The molecular weight excluding hydrogens is 849 g/mol. The molecule has 14 aromatic carbocycles. The van der Waals surface area contributed by atoms with Crippen LogP contribution < -0.4 is 9.47 Å². The maximum absolute atomic E-state index is 6.67. The SMILES string of the molecule is c1ccc2c(c1)Oc1cccc3c(-c4cc(-c5cccc6ccccc56)c5ccc6c(-c7ccc8c9c(cccc79)Oc7ccccc7-8)cc(-c7cccc8ccccc78)c7ccc4c5c76)ccc-2c13. The first-order valence-electron chi connectivity index (χ1n) is 24.1. The van der Waals surface area contributed by atoms with Crippen molar-refractivity contribution in [3.63, 3.8) is 0 Å². The van der Waals surface area contributed by atoms with Gasteiger partial charge in [0, 0.05) is 21.9 Å². The molecule has 0 aromatic heterocycles. The molecule has 0 bridgehead atoms. The predicted octanol–water partition coefficient (Wildman–Crippen LogP) is 19.4. The average Bonchev–Trinajstić information content (AvgIpc) is 3.42. The van der Waals surface area contributed by atoms with Gasteiger partial charge in [0.2, 0.25) is 0 Å². The highest BCUT2D eigenvalue weighted by molar-refractivity contribution is 6.34. The van der Waals surface area contributed by atoms with Crippen molar-refractivity contribution in [2.24, 2.45) is 0 Å². The van der Waals surface area contributed by atoms with E-state index in [1.165, 1.54) is 120 Å². The smallest absolute Gasteiger partial charge is 0.135 e. The zero-order valence-electron chi connectivity index (χ0n) is 37.8. The Bertz CT molecular complexity index is 4290. The van der Waals surface area contributed by atoms with Crippen molar-refractivity contribution >= 4 is 75.4 Å². The molecule has 0 fully saturated rings. The molecule has 0 spiro atoms. The zero-order chi connectivity index (χ0) is 45.6. The topological polar surface area (TPSA) is 18.5 Å². The van der Waals surface area contributed by atoms with E-state index in [-0.39, 0.29) is 0 Å². The average molecular weight is 887 g/mol. The van der Waals surface area contributed by atoms with E-state index in [1.54, 1.807) is 0 Å². The van der Waals surface area contributed by atoms with E-state index >= 15 is 0 Å². The third-order valence-corrected chi connectivity index (χ3v) is 15.4. The highest BCUT2D eigenvalue weighted by atomic mass is 16.5. The Morgan fingerprint density at radius 2 is 0.471 bits per heavy atom. The molecule has 0 N–H and O–H groups in total. The molecule has 2 aliphatic heterocycles. The Hall–Kier alpha value is -9.24. The minimum absolute atomic E-state index is 0.888. The summed E-state index contributed by atoms with van der Waals surface area (Å²) in [5.74, 6) is 3.56. The van der Waals surface area contributed by atoms with Gasteiger partial charge in [0.05, 0.1) is 0 Å². The van der Waals surface area contributed by atoms with Crippen LogP contribution in [0.25, 0.3) is 142 Å². The highest BCUT2D eigenvalue weighted by Gasteiger charge is 2.27. The first-order valence-corrected chi connectivity index (χ1v) is 24.1. The molecule has 70 heavy (non-hydrogen) atoms. The highest BCUT2D eigenvalue weighted by Crippen LogP contribution is 2.55. The minimum Gasteiger partial charge on any atom is -0.456 e. The molecule has 14 aromatic rings. The summed E-state index contributed by atoms with van der Waals surface area (Å²) in [4.78, 5) is 0. The molecule has 0 radical (unpaired) electrons. The van der Waals surface area contributed by atoms with Gasteiger partial charge in [-0.05, 0) is 157 Å². The molecule has 2 heteroatoms. The van der Waals surface area contributed by atoms with Crippen LogP contribution in [0.2, 0.25) is 0 Å². The lowest BCUT2D eigenvalue weighted by Crippen LogP contribution is -1.99. The van der Waals surface area contributed by atoms with Crippen molar-refractivity contribution in [1.29, 1.82) is 0 Å². The Labute approximate surface area is 403 Å². The monoisotopic (exact) mass is 886 g/mol. The van der Waals surface area contributed by atoms with Gasteiger partial charge in [0.15, 0.2) is 0 Å². The fraction of sp³-hybridized carbons (Fsp3) is 0. The van der Waals surface area contributed by atoms with Crippen LogP contribution in [-0.4, -0.2) is 0 Å². The summed E-state index contributed by atoms with van der Waals surface area (Å²) in [7, 11) is 0. The van der Waals surface area contributed by atoms with Gasteiger partial charge in [-0.1, -0.05) is 194 Å². The first kappa shape index (κ1) is 37.8. The van der Waals surface area contributed by atoms with Crippen LogP contribution in [0.15, 0.2) is 231 Å². The summed E-state index contributed by atoms with van der Waals surface area (Å²) < 4.78 is 13.3. The maximum atomic E-state index is 6.67. The lowest BCUT2D eigenvalue weighted by Gasteiger charge is -2.25. The standard InChI is InChI=1S/C68H38O2/c1-3-17-41-39(13-1)15-9-21-43(41)57-37-59(45-29-31-51-47-19-5-7-25-61(47)69-63-27-11-23-49(45)65(51)63)55-36-34-54-58(44-22-10-16-40-14-2-4-18-42(40)44)38-60(56-35-33-53(57)67(55)68(54)56)46-30-32-52-48-20-6-8-26-62(48)70-64-28-12-24-50(46)66(52)64/h1-38H. The van der Waals surface area contributed by atoms with Crippen molar-refractivity contribution in [2.75, 3.05) is 0 Å². The molecule has 0 unspecified atom stereocenters. The van der Waals surface area contributed by atoms with Crippen LogP contribution in [0, 0.1) is 0 Å². The van der Waals surface area contributed by atoms with Crippen molar-refractivity contribution in [2.45, 2.75) is 0 Å². The van der Waals surface area contributed by atoms with Crippen LogP contribution in [0.1, 0.15) is 0 Å². The molecule has 0 saturated heterocycles. The minimum atomic E-state index is 0.888. The molecule has 2 aliphatic rings. The van der Waals surface area contributed by atoms with Crippen LogP contribution in [0.5, 0.6) is 23.0 Å². The predicted molar refractivity (Wildman–Crippen MR) is 293 cm³/mol. The van der Waals surface area contributed by atoms with Gasteiger partial charge in [0.1, 0.15) is 23.0 Å². The Kier molecular flexibility index (Phi) is 7.64. The third-order valence-electron chi connectivity index (χ3n) is 15.4. The normalized spacial score (nSPS) is 12.5. The maximum Gasteiger partial charge on any atom is 0.135 e. The summed E-state index contributed by atoms with van der Waals surface area (Å²) in [6, 6.07) is 84.9. The van der Waals surface area contributed by atoms with Gasteiger partial charge in [0.25, 0.3) is 0 Å². The fourth-order valence-electron chi connectivity index (χ4n) is 12.4. The number of hydrogen-bond acceptors (Lipinski definition) is 2. The Morgan fingerprint density at radius 1 is 0.171 bits per heavy atom. The van der Waals surface area contributed by atoms with Gasteiger partial charge < -0.3 is 9.47 Å².